The fourth-order valence-corrected chi connectivity index (χ4v) is 11.4. The molecule has 0 saturated heterocycles. The number of rotatable bonds is 4. The van der Waals surface area contributed by atoms with Gasteiger partial charge < -0.3 is 0 Å². The maximum absolute atomic E-state index is 2.56. The number of hydrogen-bond acceptors (Lipinski definition) is 0. The van der Waals surface area contributed by atoms with E-state index >= 15 is 0 Å². The summed E-state index contributed by atoms with van der Waals surface area (Å²) in [4.78, 5) is 0. The van der Waals surface area contributed by atoms with Crippen LogP contribution in [-0.2, 0) is 21.7 Å². The van der Waals surface area contributed by atoms with Crippen molar-refractivity contribution < 1.29 is 0 Å². The Labute approximate surface area is 405 Å². The van der Waals surface area contributed by atoms with Gasteiger partial charge >= 0.3 is 0 Å². The van der Waals surface area contributed by atoms with Gasteiger partial charge in [-0.25, -0.2) is 0 Å². The van der Waals surface area contributed by atoms with E-state index in [0.717, 1.165) is 0 Å². The third-order valence-corrected chi connectivity index (χ3v) is 15.8. The first-order chi connectivity index (χ1) is 31.8. The van der Waals surface area contributed by atoms with Crippen LogP contribution in [-0.4, -0.2) is 0 Å². The van der Waals surface area contributed by atoms with Gasteiger partial charge in [-0.15, -0.1) is 0 Å². The maximum Gasteiger partial charge on any atom is -0.00197 e. The summed E-state index contributed by atoms with van der Waals surface area (Å²) in [6.07, 6.45) is 0. The fourth-order valence-electron chi connectivity index (χ4n) is 11.4. The molecule has 0 aromatic heterocycles. The Morgan fingerprint density at radius 3 is 0.765 bits per heavy atom. The van der Waals surface area contributed by atoms with Gasteiger partial charge in [0.05, 0.1) is 0 Å². The smallest absolute Gasteiger partial charge is 0.00197 e. The summed E-state index contributed by atoms with van der Waals surface area (Å²) < 4.78 is 0. The van der Waals surface area contributed by atoms with Crippen LogP contribution in [0.15, 0.2) is 121 Å². The quantitative estimate of drug-likeness (QED) is 0.155. The van der Waals surface area contributed by atoms with E-state index in [0.29, 0.717) is 11.8 Å². The van der Waals surface area contributed by atoms with Crippen molar-refractivity contribution in [1.82, 2.24) is 0 Å². The molecule has 0 nitrogen and oxygen atoms in total. The van der Waals surface area contributed by atoms with Crippen LogP contribution >= 0.6 is 0 Å². The molecule has 0 atom stereocenters. The highest BCUT2D eigenvalue weighted by Crippen LogP contribution is 2.50. The molecule has 0 bridgehead atoms. The van der Waals surface area contributed by atoms with Crippen LogP contribution in [0, 0.1) is 0 Å². The second-order valence-corrected chi connectivity index (χ2v) is 25.5. The van der Waals surface area contributed by atoms with E-state index in [1.165, 1.54) is 142 Å². The lowest BCUT2D eigenvalue weighted by atomic mass is 9.79. The average molecular weight is 887 g/mol. The van der Waals surface area contributed by atoms with Gasteiger partial charge in [0.25, 0.3) is 0 Å². The number of fused-ring (bicyclic) bond motifs is 11. The Balaban J connectivity index is 1.20. The summed E-state index contributed by atoms with van der Waals surface area (Å²) in [6.45, 7) is 37.4. The Bertz CT molecular complexity index is 3540. The van der Waals surface area contributed by atoms with Crippen molar-refractivity contribution in [2.24, 2.45) is 0 Å². The van der Waals surface area contributed by atoms with E-state index in [1.807, 2.05) is 0 Å². The molecule has 342 valence electrons. The first-order valence-corrected chi connectivity index (χ1v) is 25.5. The summed E-state index contributed by atoms with van der Waals surface area (Å²) >= 11 is 0. The molecule has 11 rings (SSSR count). The number of hydrogen-bond donors (Lipinski definition) is 0. The highest BCUT2D eigenvalue weighted by atomic mass is 14.3. The zero-order valence-corrected chi connectivity index (χ0v) is 43.7. The first kappa shape index (κ1) is 44.5. The molecule has 11 aromatic carbocycles. The van der Waals surface area contributed by atoms with Crippen molar-refractivity contribution >= 4 is 86.2 Å². The molecule has 0 radical (unpaired) electrons. The van der Waals surface area contributed by atoms with E-state index in [9.17, 15) is 0 Å². The van der Waals surface area contributed by atoms with Gasteiger partial charge in [-0.05, 0) is 200 Å². The van der Waals surface area contributed by atoms with E-state index in [1.54, 1.807) is 0 Å². The SMILES string of the molecule is CC(C)c1cc2c3ccc4c(cc5c6ccc(-c7cc(C(C)(C)C)cc(C(C)(C)C)c7)cc6c6cc(C(C)C)cc4c65)c3cc3c4ccc(-c5cc(C(C)(C)C)cc(C(C)(C)C)c5)cc4c(c1)c23. The maximum atomic E-state index is 2.56. The van der Waals surface area contributed by atoms with Gasteiger partial charge in [0.15, 0.2) is 0 Å². The van der Waals surface area contributed by atoms with Crippen molar-refractivity contribution in [2.45, 2.75) is 144 Å². The standard InChI is InChI=1S/C68H70/c1-37(2)41-29-57-51-21-22-52-56(55(51)35-61-49-19-17-39(27-53(49)59(31-41)63(57)61)43-23-45(65(5,6)7)33-46(24-43)66(8,9)10)36-62-50-20-18-40(28-54(50)60-32-42(38(3)4)30-58(52)64(60)62)44-25-47(67(11,12)13)34-48(26-44)68(14,15)16/h17-38H,1-16H3. The molecule has 0 saturated carbocycles. The Kier molecular flexibility index (Phi) is 9.67. The van der Waals surface area contributed by atoms with Crippen LogP contribution in [0.5, 0.6) is 0 Å². The minimum Gasteiger partial charge on any atom is -0.0587 e. The van der Waals surface area contributed by atoms with Crippen molar-refractivity contribution in [1.29, 1.82) is 0 Å². The van der Waals surface area contributed by atoms with Crippen molar-refractivity contribution in [3.8, 4) is 22.3 Å². The molecule has 0 spiro atoms. The Morgan fingerprint density at radius 1 is 0.235 bits per heavy atom. The lowest BCUT2D eigenvalue weighted by Gasteiger charge is -2.26. The van der Waals surface area contributed by atoms with E-state index in [4.69, 9.17) is 0 Å². The van der Waals surface area contributed by atoms with Gasteiger partial charge in [0, 0.05) is 0 Å². The van der Waals surface area contributed by atoms with Crippen LogP contribution in [0.25, 0.3) is 108 Å². The third-order valence-electron chi connectivity index (χ3n) is 15.8. The molecule has 0 aliphatic rings. The van der Waals surface area contributed by atoms with Gasteiger partial charge in [-0.3, -0.25) is 0 Å². The number of benzene rings is 9. The molecule has 0 heterocycles. The topological polar surface area (TPSA) is 0 Å². The van der Waals surface area contributed by atoms with Crippen LogP contribution in [0.1, 0.15) is 156 Å². The average Bonchev–Trinajstić information content (AvgIpc) is 3.76. The van der Waals surface area contributed by atoms with Gasteiger partial charge in [0.1, 0.15) is 0 Å². The molecule has 0 N–H and O–H groups in total. The van der Waals surface area contributed by atoms with E-state index in [2.05, 4.69) is 232 Å². The lowest BCUT2D eigenvalue weighted by Crippen LogP contribution is -2.16. The molecule has 0 unspecified atom stereocenters. The monoisotopic (exact) mass is 887 g/mol. The Hall–Kier alpha value is -5.98. The van der Waals surface area contributed by atoms with Crippen LogP contribution in [0.2, 0.25) is 0 Å². The van der Waals surface area contributed by atoms with Gasteiger partial charge in [-0.2, -0.15) is 0 Å². The van der Waals surface area contributed by atoms with Crippen LogP contribution in [0.3, 0.4) is 0 Å². The van der Waals surface area contributed by atoms with Crippen LogP contribution < -0.4 is 0 Å². The first-order valence-electron chi connectivity index (χ1n) is 25.5. The normalized spacial score (nSPS) is 13.6. The predicted octanol–water partition coefficient (Wildman–Crippen LogP) is 20.6. The zero-order valence-electron chi connectivity index (χ0n) is 43.7. The Morgan fingerprint density at radius 2 is 0.485 bits per heavy atom. The summed E-state index contributed by atoms with van der Waals surface area (Å²) in [5.74, 6) is 0.796. The summed E-state index contributed by atoms with van der Waals surface area (Å²) in [5.41, 5.74) is 13.7. The molecule has 0 amide bonds. The zero-order chi connectivity index (χ0) is 48.3. The molecule has 11 aromatic rings. The minimum atomic E-state index is 0.0480. The molecule has 68 heavy (non-hydrogen) atoms. The second-order valence-electron chi connectivity index (χ2n) is 25.5. The summed E-state index contributed by atoms with van der Waals surface area (Å²) in [7, 11) is 0. The second kappa shape index (κ2) is 14.8. The van der Waals surface area contributed by atoms with Gasteiger partial charge in [0.2, 0.25) is 0 Å². The molecule has 0 aliphatic carbocycles. The van der Waals surface area contributed by atoms with Crippen molar-refractivity contribution in [3.05, 3.63) is 155 Å². The van der Waals surface area contributed by atoms with Crippen molar-refractivity contribution in [3.63, 3.8) is 0 Å². The minimum absolute atomic E-state index is 0.0480. The summed E-state index contributed by atoms with van der Waals surface area (Å²) in [6, 6.07) is 49.3. The highest BCUT2D eigenvalue weighted by molar-refractivity contribution is 6.40. The van der Waals surface area contributed by atoms with Crippen molar-refractivity contribution in [2.75, 3.05) is 0 Å². The summed E-state index contributed by atoms with van der Waals surface area (Å²) in [5, 5.41) is 21.7. The lowest BCUT2D eigenvalue weighted by molar-refractivity contribution is 0.568. The molecule has 0 aliphatic heterocycles. The molecular formula is C68H70. The largest absolute Gasteiger partial charge is 0.0587 e. The molecule has 0 heteroatoms. The fraction of sp³-hybridized carbons (Fsp3) is 0.324. The van der Waals surface area contributed by atoms with Gasteiger partial charge in [-0.1, -0.05) is 208 Å². The predicted molar refractivity (Wildman–Crippen MR) is 303 cm³/mol. The molecule has 0 fully saturated rings. The van der Waals surface area contributed by atoms with E-state index < -0.39 is 0 Å². The van der Waals surface area contributed by atoms with Crippen LogP contribution in [0.4, 0.5) is 0 Å². The third kappa shape index (κ3) is 6.98. The van der Waals surface area contributed by atoms with E-state index in [-0.39, 0.29) is 21.7 Å². The highest BCUT2D eigenvalue weighted by Gasteiger charge is 2.26. The molecular weight excluding hydrogens is 817 g/mol.